The SMILES string of the molecule is CCCN1C(=O)c2cc3c(cc2C1=O)C1C(Br)=C(Br)C3c2cc3c(cc21)C(=O)N(CCC)C3=O. The van der Waals surface area contributed by atoms with Crippen molar-refractivity contribution < 1.29 is 19.2 Å². The molecule has 0 spiro atoms. The fourth-order valence-corrected chi connectivity index (χ4v) is 7.19. The molecule has 4 amide bonds. The molecule has 0 N–H and O–H groups in total. The maximum absolute atomic E-state index is 13.0. The highest BCUT2D eigenvalue weighted by atomic mass is 79.9. The highest BCUT2D eigenvalue weighted by molar-refractivity contribution is 9.14. The third kappa shape index (κ3) is 2.61. The van der Waals surface area contributed by atoms with Crippen molar-refractivity contribution in [1.82, 2.24) is 9.80 Å². The minimum atomic E-state index is -0.254. The van der Waals surface area contributed by atoms with E-state index >= 15 is 0 Å². The third-order valence-electron chi connectivity index (χ3n) is 7.22. The van der Waals surface area contributed by atoms with E-state index < -0.39 is 0 Å². The van der Waals surface area contributed by atoms with Gasteiger partial charge in [0, 0.05) is 33.9 Å². The van der Waals surface area contributed by atoms with Gasteiger partial charge in [0.2, 0.25) is 0 Å². The Hall–Kier alpha value is -2.58. The van der Waals surface area contributed by atoms with Crippen molar-refractivity contribution in [2.45, 2.75) is 38.5 Å². The van der Waals surface area contributed by atoms with Crippen LogP contribution in [0.25, 0.3) is 0 Å². The molecule has 0 radical (unpaired) electrons. The number of carbonyl (C=O) groups excluding carboxylic acids is 4. The summed E-state index contributed by atoms with van der Waals surface area (Å²) in [5.41, 5.74) is 5.55. The molecule has 172 valence electrons. The van der Waals surface area contributed by atoms with Crippen molar-refractivity contribution in [3.8, 4) is 0 Å². The summed E-state index contributed by atoms with van der Waals surface area (Å²) < 4.78 is 1.86. The first-order chi connectivity index (χ1) is 16.3. The smallest absolute Gasteiger partial charge is 0.261 e. The summed E-state index contributed by atoms with van der Waals surface area (Å²) in [4.78, 5) is 54.6. The molecule has 0 atom stereocenters. The molecule has 0 aromatic heterocycles. The largest absolute Gasteiger partial charge is 0.274 e. The Bertz CT molecular complexity index is 1220. The lowest BCUT2D eigenvalue weighted by atomic mass is 9.66. The molecule has 2 aliphatic heterocycles. The molecule has 0 saturated carbocycles. The van der Waals surface area contributed by atoms with E-state index in [4.69, 9.17) is 0 Å². The van der Waals surface area contributed by atoms with Crippen LogP contribution in [-0.2, 0) is 0 Å². The second kappa shape index (κ2) is 7.46. The Balaban J connectivity index is 1.54. The van der Waals surface area contributed by atoms with Crippen LogP contribution in [0.1, 0.15) is 102 Å². The van der Waals surface area contributed by atoms with Gasteiger partial charge in [0.1, 0.15) is 0 Å². The van der Waals surface area contributed by atoms with Gasteiger partial charge < -0.3 is 0 Å². The van der Waals surface area contributed by atoms with Crippen LogP contribution in [0.3, 0.4) is 0 Å². The monoisotopic (exact) mass is 582 g/mol. The predicted octanol–water partition coefficient (Wildman–Crippen LogP) is 5.29. The van der Waals surface area contributed by atoms with Crippen LogP contribution in [0.5, 0.6) is 0 Å². The number of hydrogen-bond acceptors (Lipinski definition) is 4. The van der Waals surface area contributed by atoms with Crippen LogP contribution in [0, 0.1) is 0 Å². The summed E-state index contributed by atoms with van der Waals surface area (Å²) in [7, 11) is 0. The molecule has 3 aliphatic carbocycles. The zero-order chi connectivity index (χ0) is 24.0. The van der Waals surface area contributed by atoms with Crippen molar-refractivity contribution in [2.24, 2.45) is 0 Å². The third-order valence-corrected chi connectivity index (χ3v) is 9.52. The van der Waals surface area contributed by atoms with Gasteiger partial charge in [-0.1, -0.05) is 45.7 Å². The van der Waals surface area contributed by atoms with Gasteiger partial charge in [0.25, 0.3) is 23.6 Å². The highest BCUT2D eigenvalue weighted by Crippen LogP contribution is 2.60. The summed E-state index contributed by atoms with van der Waals surface area (Å²) in [6.45, 7) is 4.65. The number of imide groups is 2. The molecule has 2 aromatic carbocycles. The van der Waals surface area contributed by atoms with Gasteiger partial charge in [-0.3, -0.25) is 29.0 Å². The first kappa shape index (κ1) is 21.9. The second-order valence-electron chi connectivity index (χ2n) is 9.14. The topological polar surface area (TPSA) is 74.8 Å². The van der Waals surface area contributed by atoms with Crippen molar-refractivity contribution in [2.75, 3.05) is 13.1 Å². The van der Waals surface area contributed by atoms with Crippen LogP contribution in [0.2, 0.25) is 0 Å². The van der Waals surface area contributed by atoms with E-state index in [2.05, 4.69) is 31.9 Å². The van der Waals surface area contributed by atoms with E-state index in [1.54, 1.807) is 0 Å². The van der Waals surface area contributed by atoms with E-state index in [0.29, 0.717) is 48.2 Å². The molecule has 0 fully saturated rings. The van der Waals surface area contributed by atoms with Gasteiger partial charge in [-0.05, 0) is 59.4 Å². The summed E-state index contributed by atoms with van der Waals surface area (Å²) in [6, 6.07) is 7.41. The Morgan fingerprint density at radius 1 is 0.588 bits per heavy atom. The van der Waals surface area contributed by atoms with E-state index in [1.165, 1.54) is 9.80 Å². The van der Waals surface area contributed by atoms with E-state index in [-0.39, 0.29) is 35.5 Å². The van der Waals surface area contributed by atoms with Crippen LogP contribution in [-0.4, -0.2) is 46.5 Å². The normalized spacial score (nSPS) is 22.0. The minimum Gasteiger partial charge on any atom is -0.274 e. The number of fused-ring (bicyclic) bond motifs is 2. The molecule has 2 aromatic rings. The molecule has 2 heterocycles. The molecular formula is C26H20Br2N2O4. The van der Waals surface area contributed by atoms with Crippen LogP contribution in [0.4, 0.5) is 0 Å². The maximum Gasteiger partial charge on any atom is 0.261 e. The molecule has 5 aliphatic rings. The van der Waals surface area contributed by atoms with Gasteiger partial charge in [0.15, 0.2) is 0 Å². The van der Waals surface area contributed by atoms with Crippen LogP contribution < -0.4 is 0 Å². The number of halogens is 2. The second-order valence-corrected chi connectivity index (χ2v) is 10.8. The number of benzene rings is 2. The van der Waals surface area contributed by atoms with E-state index in [0.717, 1.165) is 31.2 Å². The average molecular weight is 584 g/mol. The Morgan fingerprint density at radius 3 is 1.09 bits per heavy atom. The molecule has 7 rings (SSSR count). The van der Waals surface area contributed by atoms with Gasteiger partial charge in [-0.25, -0.2) is 0 Å². The number of hydrogen-bond donors (Lipinski definition) is 0. The van der Waals surface area contributed by atoms with Gasteiger partial charge in [0.05, 0.1) is 22.3 Å². The summed E-state index contributed by atoms with van der Waals surface area (Å²) in [5, 5.41) is 0. The summed E-state index contributed by atoms with van der Waals surface area (Å²) >= 11 is 7.49. The van der Waals surface area contributed by atoms with E-state index in [1.807, 2.05) is 38.1 Å². The summed E-state index contributed by atoms with van der Waals surface area (Å²) in [6.07, 6.45) is 1.40. The molecule has 0 unspecified atom stereocenters. The Labute approximate surface area is 213 Å². The van der Waals surface area contributed by atoms with Crippen LogP contribution >= 0.6 is 31.9 Å². The zero-order valence-corrected chi connectivity index (χ0v) is 21.7. The lowest BCUT2D eigenvalue weighted by molar-refractivity contribution is 0.0639. The van der Waals surface area contributed by atoms with Crippen molar-refractivity contribution in [3.63, 3.8) is 0 Å². The van der Waals surface area contributed by atoms with Crippen LogP contribution in [0.15, 0.2) is 33.2 Å². The number of amides is 4. The van der Waals surface area contributed by atoms with Gasteiger partial charge in [-0.15, -0.1) is 0 Å². The lowest BCUT2D eigenvalue weighted by Crippen LogP contribution is -2.30. The lowest BCUT2D eigenvalue weighted by Gasteiger charge is -2.41. The average Bonchev–Trinajstić information content (AvgIpc) is 3.19. The fraction of sp³-hybridized carbons (Fsp3) is 0.308. The predicted molar refractivity (Wildman–Crippen MR) is 133 cm³/mol. The first-order valence-electron chi connectivity index (χ1n) is 11.4. The Kier molecular flexibility index (Phi) is 4.81. The molecular weight excluding hydrogens is 564 g/mol. The quantitative estimate of drug-likeness (QED) is 0.458. The van der Waals surface area contributed by atoms with Crippen molar-refractivity contribution in [1.29, 1.82) is 0 Å². The van der Waals surface area contributed by atoms with Crippen molar-refractivity contribution >= 4 is 55.5 Å². The Morgan fingerprint density at radius 2 is 0.853 bits per heavy atom. The van der Waals surface area contributed by atoms with Gasteiger partial charge in [-0.2, -0.15) is 0 Å². The van der Waals surface area contributed by atoms with Gasteiger partial charge >= 0.3 is 0 Å². The first-order valence-corrected chi connectivity index (χ1v) is 13.0. The number of rotatable bonds is 4. The fourth-order valence-electron chi connectivity index (χ4n) is 5.75. The van der Waals surface area contributed by atoms with Crippen molar-refractivity contribution in [3.05, 3.63) is 77.7 Å². The summed E-state index contributed by atoms with van der Waals surface area (Å²) in [5.74, 6) is -1.48. The van der Waals surface area contributed by atoms with E-state index in [9.17, 15) is 19.2 Å². The standard InChI is InChI=1S/C26H20Br2N2O4/c1-3-5-29-23(31)15-7-11-12(8-16(15)24(29)32)20-14-10-18-17(25(33)30(6-4-2)26(18)34)9-13(14)19(11)21(27)22(20)28/h7-10,19-20H,3-6H2,1-2H3. The zero-order valence-electron chi connectivity index (χ0n) is 18.6. The molecule has 34 heavy (non-hydrogen) atoms. The molecule has 8 heteroatoms. The highest BCUT2D eigenvalue weighted by Gasteiger charge is 2.47. The number of carbonyl (C=O) groups is 4. The molecule has 6 nitrogen and oxygen atoms in total. The number of allylic oxidation sites excluding steroid dienone is 2. The molecule has 0 saturated heterocycles. The minimum absolute atomic E-state index is 0.230. The maximum atomic E-state index is 13.0. The number of nitrogens with zero attached hydrogens (tertiary/aromatic N) is 2. The molecule has 2 bridgehead atoms.